The van der Waals surface area contributed by atoms with Crippen molar-refractivity contribution in [2.24, 2.45) is 0 Å². The standard InChI is InChI=1S/C56H12N2O2/c1-3-5-7-9-11-13-15-17-19-21-23-25-27-29-31-37-43-57-51-41-35-33-39-47(51)55(59)49-46-54-50(45-53(49)57)56(60)48-40-34-36-42-52(48)58(54)44-38-32-30-28-26-24-22-20-18-16-14-12-10-8-6-4-2/h1-2,33-36,39-42,45-46H. The highest BCUT2D eigenvalue weighted by Gasteiger charge is 2.16. The fourth-order valence-electron chi connectivity index (χ4n) is 4.87. The summed E-state index contributed by atoms with van der Waals surface area (Å²) in [5, 5.41) is 1.46. The van der Waals surface area contributed by atoms with Crippen LogP contribution in [0, 0.1) is 214 Å². The average Bonchev–Trinajstić information content (AvgIpc) is 3.27. The molecular formula is C56H12N2O2. The summed E-state index contributed by atoms with van der Waals surface area (Å²) in [6, 6.07) is 23.3. The molecule has 3 aromatic carbocycles. The Labute approximate surface area is 346 Å². The van der Waals surface area contributed by atoms with Gasteiger partial charge in [0.2, 0.25) is 0 Å². The van der Waals surface area contributed by atoms with Gasteiger partial charge in [0.05, 0.1) is 22.1 Å². The molecule has 0 aliphatic rings. The van der Waals surface area contributed by atoms with Crippen LogP contribution >= 0.6 is 0 Å². The van der Waals surface area contributed by atoms with Gasteiger partial charge in [-0.3, -0.25) is 18.7 Å². The molecule has 4 heteroatoms. The fraction of sp³-hybridized carbons (Fsp3) is 0. The Balaban J connectivity index is 1.50. The van der Waals surface area contributed by atoms with Crippen molar-refractivity contribution in [1.82, 2.24) is 9.13 Å². The summed E-state index contributed by atoms with van der Waals surface area (Å²) >= 11 is 0. The largest absolute Gasteiger partial charge is 0.288 e. The first kappa shape index (κ1) is 39.9. The zero-order chi connectivity index (χ0) is 42.0. The van der Waals surface area contributed by atoms with E-state index >= 15 is 0 Å². The molecule has 258 valence electrons. The number of benzene rings is 3. The van der Waals surface area contributed by atoms with E-state index < -0.39 is 0 Å². The Morgan fingerprint density at radius 3 is 0.833 bits per heavy atom. The minimum absolute atomic E-state index is 0.250. The number of nitrogens with zero attached hydrogens (tertiary/aromatic N) is 2. The van der Waals surface area contributed by atoms with E-state index in [0.717, 1.165) is 0 Å². The van der Waals surface area contributed by atoms with Gasteiger partial charge >= 0.3 is 0 Å². The summed E-state index contributed by atoms with van der Waals surface area (Å²) in [6.07, 6.45) is 9.99. The van der Waals surface area contributed by atoms with E-state index in [9.17, 15) is 9.59 Å². The second kappa shape index (κ2) is 22.0. The molecule has 5 rings (SSSR count). The van der Waals surface area contributed by atoms with Gasteiger partial charge in [-0.2, -0.15) is 0 Å². The van der Waals surface area contributed by atoms with E-state index in [-0.39, 0.29) is 10.9 Å². The second-order valence-corrected chi connectivity index (χ2v) is 10.5. The Kier molecular flexibility index (Phi) is 14.6. The van der Waals surface area contributed by atoms with Crippen LogP contribution in [-0.2, 0) is 0 Å². The maximum Gasteiger partial charge on any atom is 0.197 e. The molecule has 2 aromatic heterocycles. The minimum Gasteiger partial charge on any atom is -0.288 e. The van der Waals surface area contributed by atoms with E-state index in [1.807, 2.05) is 0 Å². The van der Waals surface area contributed by atoms with Crippen LogP contribution in [0.25, 0.3) is 43.6 Å². The lowest BCUT2D eigenvalue weighted by Gasteiger charge is -2.13. The zero-order valence-electron chi connectivity index (χ0n) is 30.6. The summed E-state index contributed by atoms with van der Waals surface area (Å²) in [5.74, 6) is 80.4. The van der Waals surface area contributed by atoms with E-state index in [4.69, 9.17) is 12.8 Å². The molecule has 5 aromatic rings. The van der Waals surface area contributed by atoms with Crippen LogP contribution in [0.2, 0.25) is 0 Å². The van der Waals surface area contributed by atoms with Crippen LogP contribution in [0.15, 0.2) is 70.3 Å². The molecule has 0 amide bonds. The lowest BCUT2D eigenvalue weighted by Crippen LogP contribution is -2.13. The molecular weight excluding hydrogens is 733 g/mol. The molecule has 60 heavy (non-hydrogen) atoms. The summed E-state index contributed by atoms with van der Waals surface area (Å²) < 4.78 is 3.25. The smallest absolute Gasteiger partial charge is 0.197 e. The van der Waals surface area contributed by atoms with Gasteiger partial charge < -0.3 is 0 Å². The van der Waals surface area contributed by atoms with Crippen molar-refractivity contribution < 1.29 is 0 Å². The van der Waals surface area contributed by atoms with Gasteiger partial charge in [-0.15, -0.1) is 12.8 Å². The Bertz CT molecular complexity index is 3780. The molecule has 0 N–H and O–H groups in total. The Hall–Kier alpha value is -11.3. The monoisotopic (exact) mass is 744 g/mol. The molecule has 0 aliphatic heterocycles. The number of pyridine rings is 2. The van der Waals surface area contributed by atoms with Crippen molar-refractivity contribution in [3.63, 3.8) is 0 Å². The summed E-state index contributed by atoms with van der Waals surface area (Å²) in [5.41, 5.74) is 1.38. The van der Waals surface area contributed by atoms with Crippen LogP contribution < -0.4 is 10.9 Å². The van der Waals surface area contributed by atoms with Gasteiger partial charge in [0, 0.05) is 128 Å². The van der Waals surface area contributed by atoms with Gasteiger partial charge in [-0.25, -0.2) is 0 Å². The highest BCUT2D eigenvalue weighted by atomic mass is 16.1. The van der Waals surface area contributed by atoms with Gasteiger partial charge in [0.25, 0.3) is 0 Å². The van der Waals surface area contributed by atoms with Crippen LogP contribution in [0.1, 0.15) is 0 Å². The topological polar surface area (TPSA) is 44.0 Å². The molecule has 4 nitrogen and oxygen atoms in total. The van der Waals surface area contributed by atoms with Crippen molar-refractivity contribution in [2.45, 2.75) is 0 Å². The normalized spacial score (nSPS) is 7.30. The fourth-order valence-corrected chi connectivity index (χ4v) is 4.87. The third kappa shape index (κ3) is 10.9. The number of hydrogen-bond acceptors (Lipinski definition) is 2. The number of hydrogen-bond donors (Lipinski definition) is 0. The summed E-state index contributed by atoms with van der Waals surface area (Å²) in [6.45, 7) is 0. The van der Waals surface area contributed by atoms with Gasteiger partial charge in [-0.05, 0) is 131 Å². The molecule has 0 atom stereocenters. The van der Waals surface area contributed by atoms with E-state index in [1.165, 1.54) is 0 Å². The van der Waals surface area contributed by atoms with Crippen molar-refractivity contribution in [3.05, 3.63) is 81.1 Å². The molecule has 2 heterocycles. The molecule has 0 saturated carbocycles. The van der Waals surface area contributed by atoms with Gasteiger partial charge in [0.1, 0.15) is 0 Å². The number of rotatable bonds is 0. The van der Waals surface area contributed by atoms with Crippen LogP contribution in [0.3, 0.4) is 0 Å². The maximum absolute atomic E-state index is 13.9. The number of terminal acetylenes is 2. The molecule has 0 bridgehead atoms. The lowest BCUT2D eigenvalue weighted by atomic mass is 10.0. The third-order valence-corrected chi connectivity index (χ3v) is 7.09. The lowest BCUT2D eigenvalue weighted by molar-refractivity contribution is 1.22. The van der Waals surface area contributed by atoms with Crippen molar-refractivity contribution in [2.75, 3.05) is 0 Å². The van der Waals surface area contributed by atoms with Crippen LogP contribution in [-0.4, -0.2) is 9.13 Å². The predicted octanol–water partition coefficient (Wildman–Crippen LogP) is 3.55. The molecule has 0 unspecified atom stereocenters. The maximum atomic E-state index is 13.9. The summed E-state index contributed by atoms with van der Waals surface area (Å²) in [7, 11) is 0. The third-order valence-electron chi connectivity index (χ3n) is 7.09. The molecule has 0 spiro atoms. The van der Waals surface area contributed by atoms with E-state index in [2.05, 4.69) is 202 Å². The second-order valence-electron chi connectivity index (χ2n) is 10.5. The quantitative estimate of drug-likeness (QED) is 0.180. The highest BCUT2D eigenvalue weighted by Crippen LogP contribution is 2.25. The molecule has 0 fully saturated rings. The van der Waals surface area contributed by atoms with Crippen molar-refractivity contribution >= 4 is 43.6 Å². The van der Waals surface area contributed by atoms with Gasteiger partial charge in [0.15, 0.2) is 10.9 Å². The van der Waals surface area contributed by atoms with Crippen molar-refractivity contribution in [1.29, 1.82) is 0 Å². The van der Waals surface area contributed by atoms with E-state index in [0.29, 0.717) is 43.6 Å². The summed E-state index contributed by atoms with van der Waals surface area (Å²) in [4.78, 5) is 27.9. The van der Waals surface area contributed by atoms with Crippen LogP contribution in [0.4, 0.5) is 0 Å². The molecule has 0 aliphatic carbocycles. The Morgan fingerprint density at radius 2 is 0.550 bits per heavy atom. The minimum atomic E-state index is -0.250. The first-order valence-electron chi connectivity index (χ1n) is 16.6. The van der Waals surface area contributed by atoms with Crippen LogP contribution in [0.5, 0.6) is 0 Å². The number of aromatic nitrogens is 2. The first-order chi connectivity index (χ1) is 29.7. The molecule has 0 radical (unpaired) electrons. The highest BCUT2D eigenvalue weighted by molar-refractivity contribution is 6.04. The molecule has 0 saturated heterocycles. The van der Waals surface area contributed by atoms with Gasteiger partial charge in [-0.1, -0.05) is 24.3 Å². The Morgan fingerprint density at radius 1 is 0.300 bits per heavy atom. The number of fused-ring (bicyclic) bond motifs is 4. The average molecular weight is 745 g/mol. The van der Waals surface area contributed by atoms with Crippen molar-refractivity contribution in [3.8, 4) is 214 Å². The zero-order valence-corrected chi connectivity index (χ0v) is 30.6. The van der Waals surface area contributed by atoms with E-state index in [1.54, 1.807) is 69.8 Å². The number of para-hydroxylation sites is 2. The predicted molar refractivity (Wildman–Crippen MR) is 238 cm³/mol. The SMILES string of the molecule is C#CC#CC#CC#CC#CC#CC#CC#CC#Cn1c2ccccc2c(=O)c2cc3c(cc21)c(=O)c1ccccc1n3C#CC#CC#CC#CC#CC#CC#CC#CC#C. The first-order valence-corrected chi connectivity index (χ1v) is 16.6.